The van der Waals surface area contributed by atoms with Crippen LogP contribution in [-0.4, -0.2) is 37.5 Å². The molecule has 1 unspecified atom stereocenters. The lowest BCUT2D eigenvalue weighted by atomic mass is 10.1. The Morgan fingerprint density at radius 1 is 1.29 bits per heavy atom. The maximum atomic E-state index is 5.64. The number of ether oxygens (including phenoxy) is 4. The Morgan fingerprint density at radius 2 is 1.93 bits per heavy atom. The molecule has 0 aromatic rings. The van der Waals surface area contributed by atoms with Gasteiger partial charge >= 0.3 is 0 Å². The van der Waals surface area contributed by atoms with E-state index in [9.17, 15) is 0 Å². The van der Waals surface area contributed by atoms with E-state index < -0.39 is 12.1 Å². The van der Waals surface area contributed by atoms with E-state index in [-0.39, 0.29) is 18.3 Å². The first kappa shape index (κ1) is 9.94. The topological polar surface area (TPSA) is 36.9 Å². The molecular formula is C10H14O4. The van der Waals surface area contributed by atoms with Crippen LogP contribution in [0.25, 0.3) is 0 Å². The summed E-state index contributed by atoms with van der Waals surface area (Å²) in [7, 11) is 1.56. The molecule has 0 spiro atoms. The number of terminal acetylenes is 1. The van der Waals surface area contributed by atoms with Gasteiger partial charge in [-0.3, -0.25) is 0 Å². The second kappa shape index (κ2) is 3.21. The average Bonchev–Trinajstić information content (AvgIpc) is 2.57. The van der Waals surface area contributed by atoms with Gasteiger partial charge in [-0.15, -0.1) is 6.42 Å². The van der Waals surface area contributed by atoms with Crippen LogP contribution in [0.2, 0.25) is 0 Å². The maximum absolute atomic E-state index is 5.64. The molecule has 0 radical (unpaired) electrons. The van der Waals surface area contributed by atoms with E-state index in [4.69, 9.17) is 25.4 Å². The van der Waals surface area contributed by atoms with Crippen LogP contribution >= 0.6 is 0 Å². The summed E-state index contributed by atoms with van der Waals surface area (Å²) in [5, 5.41) is 0. The highest BCUT2D eigenvalue weighted by Gasteiger charge is 2.55. The molecule has 2 heterocycles. The fourth-order valence-corrected chi connectivity index (χ4v) is 1.89. The van der Waals surface area contributed by atoms with E-state index in [0.29, 0.717) is 0 Å². The Labute approximate surface area is 83.5 Å². The van der Waals surface area contributed by atoms with Gasteiger partial charge in [0, 0.05) is 7.11 Å². The summed E-state index contributed by atoms with van der Waals surface area (Å²) in [6.45, 7) is 3.71. The van der Waals surface area contributed by atoms with Gasteiger partial charge in [0.15, 0.2) is 12.1 Å². The minimum Gasteiger partial charge on any atom is -0.353 e. The average molecular weight is 198 g/mol. The predicted molar refractivity (Wildman–Crippen MR) is 48.3 cm³/mol. The Kier molecular flexibility index (Phi) is 2.28. The van der Waals surface area contributed by atoms with E-state index in [2.05, 4.69) is 5.92 Å². The van der Waals surface area contributed by atoms with Gasteiger partial charge < -0.3 is 18.9 Å². The summed E-state index contributed by atoms with van der Waals surface area (Å²) in [5.74, 6) is 1.92. The van der Waals surface area contributed by atoms with Crippen molar-refractivity contribution in [1.82, 2.24) is 0 Å². The van der Waals surface area contributed by atoms with E-state index >= 15 is 0 Å². The smallest absolute Gasteiger partial charge is 0.187 e. The zero-order valence-corrected chi connectivity index (χ0v) is 8.52. The van der Waals surface area contributed by atoms with Gasteiger partial charge in [-0.2, -0.15) is 0 Å². The lowest BCUT2D eigenvalue weighted by Crippen LogP contribution is -2.30. The molecule has 0 bridgehead atoms. The van der Waals surface area contributed by atoms with Crippen LogP contribution in [0.5, 0.6) is 0 Å². The molecule has 2 aliphatic rings. The van der Waals surface area contributed by atoms with Crippen LogP contribution in [0.15, 0.2) is 0 Å². The van der Waals surface area contributed by atoms with Crippen molar-refractivity contribution in [2.75, 3.05) is 7.11 Å². The number of hydrogen-bond donors (Lipinski definition) is 0. The van der Waals surface area contributed by atoms with Crippen LogP contribution < -0.4 is 0 Å². The molecule has 0 saturated carbocycles. The van der Waals surface area contributed by atoms with Crippen molar-refractivity contribution in [1.29, 1.82) is 0 Å². The van der Waals surface area contributed by atoms with Gasteiger partial charge in [-0.05, 0) is 13.8 Å². The predicted octanol–water partition coefficient (Wildman–Crippen LogP) is 0.511. The molecule has 4 heteroatoms. The van der Waals surface area contributed by atoms with Crippen molar-refractivity contribution < 1.29 is 18.9 Å². The van der Waals surface area contributed by atoms with Crippen molar-refractivity contribution in [3.05, 3.63) is 0 Å². The van der Waals surface area contributed by atoms with Crippen molar-refractivity contribution in [3.8, 4) is 12.3 Å². The molecule has 2 rings (SSSR count). The highest BCUT2D eigenvalue weighted by atomic mass is 16.8. The summed E-state index contributed by atoms with van der Waals surface area (Å²) < 4.78 is 21.8. The van der Waals surface area contributed by atoms with E-state index in [1.165, 1.54) is 0 Å². The highest BCUT2D eigenvalue weighted by molar-refractivity contribution is 5.08. The summed E-state index contributed by atoms with van der Waals surface area (Å²) in [4.78, 5) is 0. The molecule has 78 valence electrons. The third kappa shape index (κ3) is 1.43. The normalized spacial score (nSPS) is 44.7. The molecule has 0 aromatic heterocycles. The third-order valence-corrected chi connectivity index (χ3v) is 2.41. The number of hydrogen-bond acceptors (Lipinski definition) is 4. The van der Waals surface area contributed by atoms with Crippen LogP contribution in [0.1, 0.15) is 13.8 Å². The minimum absolute atomic E-state index is 0.222. The molecule has 0 aromatic carbocycles. The second-order valence-corrected chi connectivity index (χ2v) is 3.89. The number of fused-ring (bicyclic) bond motifs is 1. The summed E-state index contributed by atoms with van der Waals surface area (Å²) in [5.41, 5.74) is 0. The second-order valence-electron chi connectivity index (χ2n) is 3.89. The van der Waals surface area contributed by atoms with Gasteiger partial charge in [-0.25, -0.2) is 0 Å². The number of methoxy groups -OCH3 is 1. The Bertz CT molecular complexity index is 268. The molecule has 0 amide bonds. The first-order valence-electron chi connectivity index (χ1n) is 4.57. The zero-order valence-electron chi connectivity index (χ0n) is 8.52. The maximum Gasteiger partial charge on any atom is 0.187 e. The highest BCUT2D eigenvalue weighted by Crippen LogP contribution is 2.38. The van der Waals surface area contributed by atoms with E-state index in [1.807, 2.05) is 13.8 Å². The van der Waals surface area contributed by atoms with Crippen molar-refractivity contribution in [2.45, 2.75) is 44.2 Å². The molecule has 2 saturated heterocycles. The van der Waals surface area contributed by atoms with Crippen molar-refractivity contribution in [2.24, 2.45) is 0 Å². The lowest BCUT2D eigenvalue weighted by Gasteiger charge is -2.21. The Hall–Kier alpha value is -0.600. The Morgan fingerprint density at radius 3 is 2.50 bits per heavy atom. The third-order valence-electron chi connectivity index (χ3n) is 2.41. The SMILES string of the molecule is C#CC1O[C@@H](OC)[C@@H]2OC(C)(C)O[C@H]12. The first-order valence-corrected chi connectivity index (χ1v) is 4.57. The van der Waals surface area contributed by atoms with Gasteiger partial charge in [0.25, 0.3) is 0 Å². The summed E-state index contributed by atoms with van der Waals surface area (Å²) in [6.07, 6.45) is 4.07. The largest absolute Gasteiger partial charge is 0.353 e. The summed E-state index contributed by atoms with van der Waals surface area (Å²) >= 11 is 0. The zero-order chi connectivity index (χ0) is 10.3. The molecule has 2 aliphatic heterocycles. The minimum atomic E-state index is -0.606. The monoisotopic (exact) mass is 198 g/mol. The summed E-state index contributed by atoms with van der Waals surface area (Å²) in [6, 6.07) is 0. The fourth-order valence-electron chi connectivity index (χ4n) is 1.89. The number of rotatable bonds is 1. The lowest BCUT2D eigenvalue weighted by molar-refractivity contribution is -0.220. The standard InChI is InChI=1S/C10H14O4/c1-5-6-7-8(9(11-4)12-6)14-10(2,3)13-7/h1,6-9H,2-4H3/t6?,7-,8-,9-/m1/s1. The molecular weight excluding hydrogens is 184 g/mol. The van der Waals surface area contributed by atoms with Crippen LogP contribution in [0, 0.1) is 12.3 Å². The van der Waals surface area contributed by atoms with Gasteiger partial charge in [-0.1, -0.05) is 5.92 Å². The van der Waals surface area contributed by atoms with Gasteiger partial charge in [0.05, 0.1) is 0 Å². The van der Waals surface area contributed by atoms with Gasteiger partial charge in [0.2, 0.25) is 0 Å². The molecule has 2 fully saturated rings. The fraction of sp³-hybridized carbons (Fsp3) is 0.800. The molecule has 0 N–H and O–H groups in total. The van der Waals surface area contributed by atoms with Crippen LogP contribution in [0.4, 0.5) is 0 Å². The quantitative estimate of drug-likeness (QED) is 0.575. The molecule has 0 aliphatic carbocycles. The van der Waals surface area contributed by atoms with E-state index in [1.54, 1.807) is 7.11 Å². The van der Waals surface area contributed by atoms with Crippen LogP contribution in [-0.2, 0) is 18.9 Å². The van der Waals surface area contributed by atoms with Gasteiger partial charge in [0.1, 0.15) is 18.3 Å². The molecule has 14 heavy (non-hydrogen) atoms. The van der Waals surface area contributed by atoms with Crippen molar-refractivity contribution in [3.63, 3.8) is 0 Å². The first-order chi connectivity index (χ1) is 6.57. The Balaban J connectivity index is 2.17. The van der Waals surface area contributed by atoms with Crippen LogP contribution in [0.3, 0.4) is 0 Å². The van der Waals surface area contributed by atoms with E-state index in [0.717, 1.165) is 0 Å². The van der Waals surface area contributed by atoms with Crippen molar-refractivity contribution >= 4 is 0 Å². The molecule has 4 nitrogen and oxygen atoms in total. The molecule has 4 atom stereocenters.